The predicted octanol–water partition coefficient (Wildman–Crippen LogP) is 11.7. The maximum Gasteiger partial charge on any atom is 0.162 e. The van der Waals surface area contributed by atoms with Crippen molar-refractivity contribution in [2.24, 2.45) is 17.3 Å². The number of fused-ring (bicyclic) bond motifs is 6. The van der Waals surface area contributed by atoms with Gasteiger partial charge in [0.2, 0.25) is 0 Å². The number of hydrogen-bond donors (Lipinski definition) is 1. The first-order valence-electron chi connectivity index (χ1n) is 16.6. The Balaban J connectivity index is 0.000000269. The number of carbonyl (C=O) groups is 1. The number of allylic oxidation sites excluding steroid dienone is 2. The fourth-order valence-corrected chi connectivity index (χ4v) is 10.6. The number of aliphatic hydroxyl groups excluding tert-OH is 1. The second-order valence-corrected chi connectivity index (χ2v) is 17.4. The van der Waals surface area contributed by atoms with Crippen LogP contribution in [0.3, 0.4) is 0 Å². The first-order chi connectivity index (χ1) is 22.1. The van der Waals surface area contributed by atoms with Crippen LogP contribution in [0.2, 0.25) is 0 Å². The summed E-state index contributed by atoms with van der Waals surface area (Å²) in [6.45, 7) is 15.0. The summed E-state index contributed by atoms with van der Waals surface area (Å²) in [7, 11) is 0. The van der Waals surface area contributed by atoms with E-state index in [0.717, 1.165) is 37.8 Å². The van der Waals surface area contributed by atoms with Crippen LogP contribution < -0.4 is 0 Å². The summed E-state index contributed by atoms with van der Waals surface area (Å²) in [6.07, 6.45) is 7.98. The number of benzene rings is 3. The molecule has 6 aromatic rings. The Morgan fingerprint density at radius 3 is 2.21 bits per heavy atom. The van der Waals surface area contributed by atoms with Crippen LogP contribution in [-0.2, 0) is 31.3 Å². The smallest absolute Gasteiger partial charge is 0.162 e. The molecule has 1 radical (unpaired) electrons. The number of nitrogens with zero attached hydrogens (tertiary/aromatic N) is 1. The topological polar surface area (TPSA) is 50.2 Å². The zero-order valence-corrected chi connectivity index (χ0v) is 34.1. The van der Waals surface area contributed by atoms with Gasteiger partial charge in [-0.05, 0) is 25.7 Å². The van der Waals surface area contributed by atoms with E-state index < -0.39 is 20.4 Å². The number of pyridine rings is 1. The van der Waals surface area contributed by atoms with Gasteiger partial charge in [-0.2, -0.15) is 0 Å². The number of thiophene rings is 1. The molecule has 0 fully saturated rings. The van der Waals surface area contributed by atoms with Crippen molar-refractivity contribution < 1.29 is 30.0 Å². The zero-order valence-electron chi connectivity index (χ0n) is 28.6. The van der Waals surface area contributed by atoms with Gasteiger partial charge in [-0.1, -0.05) is 27.7 Å². The summed E-state index contributed by atoms with van der Waals surface area (Å²) in [5.74, 6) is 0.547. The van der Waals surface area contributed by atoms with E-state index in [2.05, 4.69) is 87.5 Å². The Hall–Kier alpha value is -2.32. The molecular formula is C41H46IrNO2STe-. The summed E-state index contributed by atoms with van der Waals surface area (Å²) in [4.78, 5) is 16.6. The molecule has 0 aliphatic carbocycles. The molecule has 249 valence electrons. The molecule has 47 heavy (non-hydrogen) atoms. The number of hydrogen-bond acceptors (Lipinski definition) is 4. The molecule has 0 spiro atoms. The molecule has 0 aliphatic heterocycles. The maximum atomic E-state index is 11.7. The standard InChI is InChI=1S/C28H22NSTe.C13H24O2.Ir/c1-28(2,3)16-17-8-10-20-18(14-17)9-11-21-22-12-13-29-25(27(22)30-26(20)21)24-15-19-6-4-5-7-23(19)31-24;1-5-10(6-2)12(14)9-13(15)11(7-3)8-4;/h4-14H,16H2,1-3H3;9-11,14H,5-8H2,1-4H3;/q-1;;/b;12-9-;. The van der Waals surface area contributed by atoms with Gasteiger partial charge >= 0.3 is 197 Å². The molecule has 0 unspecified atom stereocenters. The number of carbonyl (C=O) groups excluding carboxylic acids is 1. The number of ketones is 1. The van der Waals surface area contributed by atoms with Crippen molar-refractivity contribution in [1.82, 2.24) is 4.98 Å². The summed E-state index contributed by atoms with van der Waals surface area (Å²) < 4.78 is 5.49. The molecule has 0 atom stereocenters. The Kier molecular flexibility index (Phi) is 13.1. The van der Waals surface area contributed by atoms with Crippen LogP contribution in [0.4, 0.5) is 0 Å². The molecule has 6 heteroatoms. The van der Waals surface area contributed by atoms with Gasteiger partial charge in [0, 0.05) is 38.0 Å². The minimum Gasteiger partial charge on any atom is -0.512 e. The van der Waals surface area contributed by atoms with Crippen LogP contribution in [-0.4, -0.2) is 36.3 Å². The predicted molar refractivity (Wildman–Crippen MR) is 200 cm³/mol. The molecular weight excluding hydrogens is 890 g/mol. The minimum atomic E-state index is -0.438. The number of aliphatic hydroxyl groups is 1. The average molecular weight is 937 g/mol. The van der Waals surface area contributed by atoms with Gasteiger partial charge in [-0.25, -0.2) is 0 Å². The number of aromatic nitrogens is 1. The monoisotopic (exact) mass is 939 g/mol. The summed E-state index contributed by atoms with van der Waals surface area (Å²) in [5.41, 5.74) is 2.86. The summed E-state index contributed by atoms with van der Waals surface area (Å²) in [5, 5.41) is 16.4. The van der Waals surface area contributed by atoms with Crippen LogP contribution in [0.25, 0.3) is 49.0 Å². The van der Waals surface area contributed by atoms with E-state index in [4.69, 9.17) is 4.98 Å². The van der Waals surface area contributed by atoms with Crippen molar-refractivity contribution >= 4 is 77.3 Å². The van der Waals surface area contributed by atoms with Gasteiger partial charge in [0.15, 0.2) is 5.78 Å². The van der Waals surface area contributed by atoms with Crippen molar-refractivity contribution in [1.29, 1.82) is 0 Å². The van der Waals surface area contributed by atoms with Crippen molar-refractivity contribution in [2.45, 2.75) is 80.6 Å². The molecule has 0 bridgehead atoms. The molecule has 0 saturated carbocycles. The normalized spacial score (nSPS) is 12.2. The van der Waals surface area contributed by atoms with E-state index in [9.17, 15) is 9.90 Å². The first-order valence-corrected chi connectivity index (χ1v) is 19.8. The average Bonchev–Trinajstić information content (AvgIpc) is 3.63. The molecule has 0 aliphatic rings. The van der Waals surface area contributed by atoms with Gasteiger partial charge in [0.05, 0.1) is 5.76 Å². The largest absolute Gasteiger partial charge is 0.512 e. The second-order valence-electron chi connectivity index (χ2n) is 13.4. The van der Waals surface area contributed by atoms with Crippen LogP contribution in [0, 0.1) is 23.3 Å². The van der Waals surface area contributed by atoms with E-state index >= 15 is 0 Å². The Bertz CT molecular complexity index is 1970. The van der Waals surface area contributed by atoms with E-state index in [1.165, 1.54) is 55.0 Å². The third-order valence-corrected chi connectivity index (χ3v) is 13.1. The maximum absolute atomic E-state index is 11.7. The molecule has 3 heterocycles. The second kappa shape index (κ2) is 16.4. The van der Waals surface area contributed by atoms with Crippen LogP contribution in [0.1, 0.15) is 79.7 Å². The molecule has 3 aromatic carbocycles. The molecule has 1 N–H and O–H groups in total. The SMILES string of the molecule is CC(C)(C)Cc1ccc2c(ccc3c4ccnc(-c5[c-]c6ccccc6[te]5)c4sc23)c1.CCC(CC)C(=O)/C=C(\O)C(CC)CC.[Ir]. The van der Waals surface area contributed by atoms with Gasteiger partial charge in [-0.15, -0.1) is 0 Å². The van der Waals surface area contributed by atoms with Crippen molar-refractivity contribution in [3.8, 4) is 9.27 Å². The van der Waals surface area contributed by atoms with Gasteiger partial charge in [-0.3, -0.25) is 4.79 Å². The fraction of sp³-hybridized carbons (Fsp3) is 0.366. The first kappa shape index (κ1) is 37.5. The van der Waals surface area contributed by atoms with Crippen molar-refractivity contribution in [3.63, 3.8) is 0 Å². The van der Waals surface area contributed by atoms with Gasteiger partial charge in [0.25, 0.3) is 0 Å². The molecule has 0 amide bonds. The number of rotatable bonds is 9. The van der Waals surface area contributed by atoms with Gasteiger partial charge in [0.1, 0.15) is 0 Å². The zero-order chi connectivity index (χ0) is 33.0. The van der Waals surface area contributed by atoms with E-state index in [1.54, 1.807) is 0 Å². The summed E-state index contributed by atoms with van der Waals surface area (Å²) in [6, 6.07) is 26.1. The van der Waals surface area contributed by atoms with E-state index in [0.29, 0.717) is 5.41 Å². The van der Waals surface area contributed by atoms with E-state index in [1.807, 2.05) is 45.2 Å². The minimum absolute atomic E-state index is 0. The molecule has 3 nitrogen and oxygen atoms in total. The Morgan fingerprint density at radius 2 is 1.55 bits per heavy atom. The molecule has 0 saturated heterocycles. The summed E-state index contributed by atoms with van der Waals surface area (Å²) >= 11 is 1.46. The fourth-order valence-electron chi connectivity index (χ4n) is 6.23. The van der Waals surface area contributed by atoms with Gasteiger partial charge < -0.3 is 5.11 Å². The van der Waals surface area contributed by atoms with Crippen LogP contribution in [0.15, 0.2) is 78.7 Å². The third kappa shape index (κ3) is 8.65. The Labute approximate surface area is 307 Å². The Morgan fingerprint density at radius 1 is 0.894 bits per heavy atom. The van der Waals surface area contributed by atoms with Crippen molar-refractivity contribution in [3.05, 3.63) is 90.3 Å². The molecule has 3 aromatic heterocycles. The molecule has 6 rings (SSSR count). The van der Waals surface area contributed by atoms with Crippen LogP contribution in [0.5, 0.6) is 0 Å². The third-order valence-electron chi connectivity index (χ3n) is 8.81. The quantitative estimate of drug-likeness (QED) is 0.0680. The van der Waals surface area contributed by atoms with E-state index in [-0.39, 0.29) is 43.5 Å². The van der Waals surface area contributed by atoms with Crippen LogP contribution >= 0.6 is 11.3 Å². The van der Waals surface area contributed by atoms with Crippen molar-refractivity contribution in [2.75, 3.05) is 0 Å².